The van der Waals surface area contributed by atoms with E-state index in [2.05, 4.69) is 67.9 Å². The molecule has 0 atom stereocenters. The van der Waals surface area contributed by atoms with Gasteiger partial charge in [0.15, 0.2) is 0 Å². The van der Waals surface area contributed by atoms with Crippen LogP contribution in [0.2, 0.25) is 0 Å². The normalized spacial score (nSPS) is 9.79. The summed E-state index contributed by atoms with van der Waals surface area (Å²) in [5, 5.41) is 9.36. The summed E-state index contributed by atoms with van der Waals surface area (Å²) in [4.78, 5) is 0. The fourth-order valence-electron chi connectivity index (χ4n) is 2.96. The highest BCUT2D eigenvalue weighted by Crippen LogP contribution is 2.13. The average molecular weight is 364 g/mol. The second-order valence-electron chi connectivity index (χ2n) is 6.72. The van der Waals surface area contributed by atoms with Crippen molar-refractivity contribution >= 4 is 0 Å². The molecule has 28 heavy (non-hydrogen) atoms. The molecule has 0 saturated carbocycles. The van der Waals surface area contributed by atoms with Gasteiger partial charge in [-0.2, -0.15) is 0 Å². The van der Waals surface area contributed by atoms with Gasteiger partial charge in [0, 0.05) is 22.3 Å². The van der Waals surface area contributed by atoms with Gasteiger partial charge in [0.25, 0.3) is 0 Å². The van der Waals surface area contributed by atoms with Gasteiger partial charge in [-0.25, -0.2) is 0 Å². The lowest BCUT2D eigenvalue weighted by Gasteiger charge is -2.02. The predicted molar refractivity (Wildman–Crippen MR) is 116 cm³/mol. The summed E-state index contributed by atoms with van der Waals surface area (Å²) in [7, 11) is 0. The van der Waals surface area contributed by atoms with E-state index in [1.807, 2.05) is 24.3 Å². The number of benzene rings is 3. The lowest BCUT2D eigenvalue weighted by Crippen LogP contribution is -1.89. The maximum absolute atomic E-state index is 9.36. The highest BCUT2D eigenvalue weighted by Gasteiger charge is 1.99. The van der Waals surface area contributed by atoms with Gasteiger partial charge < -0.3 is 5.11 Å². The zero-order chi connectivity index (χ0) is 19.8. The van der Waals surface area contributed by atoms with Crippen molar-refractivity contribution in [2.24, 2.45) is 0 Å². The first kappa shape index (κ1) is 19.3. The van der Waals surface area contributed by atoms with Gasteiger partial charge in [-0.05, 0) is 78.6 Å². The number of hydrogen-bond acceptors (Lipinski definition) is 1. The van der Waals surface area contributed by atoms with Crippen LogP contribution in [0.3, 0.4) is 0 Å². The molecule has 0 aromatic heterocycles. The number of aromatic hydroxyl groups is 1. The Morgan fingerprint density at radius 2 is 1.25 bits per heavy atom. The summed E-state index contributed by atoms with van der Waals surface area (Å²) < 4.78 is 0. The van der Waals surface area contributed by atoms with Gasteiger partial charge in [-0.15, -0.1) is 0 Å². The summed E-state index contributed by atoms with van der Waals surface area (Å²) in [5.74, 6) is 13.2. The molecule has 0 bridgehead atoms. The second kappa shape index (κ2) is 9.50. The first-order valence-corrected chi connectivity index (χ1v) is 9.73. The SMILES string of the molecule is CCCc1ccc(C#Cc2ccc(C#Cc3ccc(O)cc3)c(CC)c2)cc1. The molecule has 1 heteroatoms. The molecule has 1 N–H and O–H groups in total. The van der Waals surface area contributed by atoms with Crippen molar-refractivity contribution in [1.29, 1.82) is 0 Å². The summed E-state index contributed by atoms with van der Waals surface area (Å²) in [6.45, 7) is 4.32. The minimum atomic E-state index is 0.253. The standard InChI is InChI=1S/C27H24O/c1-3-5-21-6-8-22(9-7-21)10-11-24-13-17-26(25(4-2)20-24)16-12-23-14-18-27(28)19-15-23/h6-9,13-15,17-20,28H,3-5H2,1-2H3. The van der Waals surface area contributed by atoms with E-state index in [-0.39, 0.29) is 5.75 Å². The molecule has 0 fully saturated rings. The third-order valence-corrected chi connectivity index (χ3v) is 4.54. The molecule has 138 valence electrons. The first-order chi connectivity index (χ1) is 13.7. The maximum atomic E-state index is 9.36. The molecule has 0 heterocycles. The second-order valence-corrected chi connectivity index (χ2v) is 6.72. The Morgan fingerprint density at radius 3 is 1.89 bits per heavy atom. The van der Waals surface area contributed by atoms with Gasteiger partial charge in [0.05, 0.1) is 0 Å². The van der Waals surface area contributed by atoms with Crippen LogP contribution in [0.15, 0.2) is 66.7 Å². The average Bonchev–Trinajstić information content (AvgIpc) is 2.73. The summed E-state index contributed by atoms with van der Waals surface area (Å²) >= 11 is 0. The van der Waals surface area contributed by atoms with Crippen LogP contribution < -0.4 is 0 Å². The Balaban J connectivity index is 1.79. The minimum Gasteiger partial charge on any atom is -0.508 e. The van der Waals surface area contributed by atoms with Crippen molar-refractivity contribution in [2.45, 2.75) is 33.1 Å². The van der Waals surface area contributed by atoms with Crippen LogP contribution in [0.1, 0.15) is 53.6 Å². The third kappa shape index (κ3) is 5.29. The van der Waals surface area contributed by atoms with Gasteiger partial charge >= 0.3 is 0 Å². The van der Waals surface area contributed by atoms with Gasteiger partial charge in [0.1, 0.15) is 5.75 Å². The zero-order valence-corrected chi connectivity index (χ0v) is 16.4. The van der Waals surface area contributed by atoms with Crippen LogP contribution in [0.4, 0.5) is 0 Å². The summed E-state index contributed by atoms with van der Waals surface area (Å²) in [6, 6.07) is 21.6. The molecule has 0 aliphatic rings. The maximum Gasteiger partial charge on any atom is 0.115 e. The molecule has 0 radical (unpaired) electrons. The van der Waals surface area contributed by atoms with Gasteiger partial charge in [-0.1, -0.05) is 56.1 Å². The van der Waals surface area contributed by atoms with E-state index in [0.717, 1.165) is 41.5 Å². The van der Waals surface area contributed by atoms with Gasteiger partial charge in [0.2, 0.25) is 0 Å². The molecule has 0 amide bonds. The van der Waals surface area contributed by atoms with Crippen molar-refractivity contribution in [2.75, 3.05) is 0 Å². The van der Waals surface area contributed by atoms with E-state index < -0.39 is 0 Å². The predicted octanol–water partition coefficient (Wildman–Crippen LogP) is 5.71. The fraction of sp³-hybridized carbons (Fsp3) is 0.185. The number of phenolic OH excluding ortho intramolecular Hbond substituents is 1. The number of phenols is 1. The molecule has 0 saturated heterocycles. The molecule has 3 aromatic rings. The van der Waals surface area contributed by atoms with Crippen molar-refractivity contribution in [3.05, 3.63) is 100 Å². The Labute approximate surface area is 168 Å². The third-order valence-electron chi connectivity index (χ3n) is 4.54. The van der Waals surface area contributed by atoms with E-state index >= 15 is 0 Å². The topological polar surface area (TPSA) is 20.2 Å². The number of aryl methyl sites for hydroxylation is 2. The van der Waals surface area contributed by atoms with Crippen LogP contribution in [0.25, 0.3) is 0 Å². The highest BCUT2D eigenvalue weighted by molar-refractivity contribution is 5.52. The van der Waals surface area contributed by atoms with Crippen molar-refractivity contribution in [1.82, 2.24) is 0 Å². The molecule has 0 spiro atoms. The van der Waals surface area contributed by atoms with Crippen LogP contribution in [-0.4, -0.2) is 5.11 Å². The van der Waals surface area contributed by atoms with E-state index in [4.69, 9.17) is 0 Å². The Morgan fingerprint density at radius 1 is 0.679 bits per heavy atom. The minimum absolute atomic E-state index is 0.253. The van der Waals surface area contributed by atoms with Crippen LogP contribution in [0, 0.1) is 23.7 Å². The fourth-order valence-corrected chi connectivity index (χ4v) is 2.96. The quantitative estimate of drug-likeness (QED) is 0.591. The number of rotatable bonds is 3. The van der Waals surface area contributed by atoms with Crippen LogP contribution in [0.5, 0.6) is 5.75 Å². The highest BCUT2D eigenvalue weighted by atomic mass is 16.3. The number of hydrogen-bond donors (Lipinski definition) is 1. The molecule has 3 aromatic carbocycles. The zero-order valence-electron chi connectivity index (χ0n) is 16.4. The van der Waals surface area contributed by atoms with E-state index in [1.165, 1.54) is 11.1 Å². The lowest BCUT2D eigenvalue weighted by molar-refractivity contribution is 0.475. The Kier molecular flexibility index (Phi) is 6.56. The van der Waals surface area contributed by atoms with E-state index in [9.17, 15) is 5.11 Å². The molecule has 1 nitrogen and oxygen atoms in total. The van der Waals surface area contributed by atoms with Crippen LogP contribution in [-0.2, 0) is 12.8 Å². The summed E-state index contributed by atoms with van der Waals surface area (Å²) in [6.07, 6.45) is 3.17. The van der Waals surface area contributed by atoms with Crippen molar-refractivity contribution in [3.63, 3.8) is 0 Å². The largest absolute Gasteiger partial charge is 0.508 e. The molecule has 3 rings (SSSR count). The molecule has 0 aliphatic heterocycles. The van der Waals surface area contributed by atoms with E-state index in [0.29, 0.717) is 0 Å². The molecule has 0 aliphatic carbocycles. The molecule has 0 unspecified atom stereocenters. The molecular formula is C27H24O. The van der Waals surface area contributed by atoms with E-state index in [1.54, 1.807) is 12.1 Å². The smallest absolute Gasteiger partial charge is 0.115 e. The van der Waals surface area contributed by atoms with Crippen LogP contribution >= 0.6 is 0 Å². The lowest BCUT2D eigenvalue weighted by atomic mass is 10.0. The van der Waals surface area contributed by atoms with Gasteiger partial charge in [-0.3, -0.25) is 0 Å². The monoisotopic (exact) mass is 364 g/mol. The van der Waals surface area contributed by atoms with Crippen molar-refractivity contribution in [3.8, 4) is 29.4 Å². The van der Waals surface area contributed by atoms with Crippen molar-refractivity contribution < 1.29 is 5.11 Å². The molecular weight excluding hydrogens is 340 g/mol. The Bertz CT molecular complexity index is 1050. The Hall–Kier alpha value is -3.42. The summed E-state index contributed by atoms with van der Waals surface area (Å²) in [5.41, 5.74) is 6.49. The first-order valence-electron chi connectivity index (χ1n) is 9.73.